The Morgan fingerprint density at radius 2 is 1.86 bits per heavy atom. The molecule has 0 spiro atoms. The lowest BCUT2D eigenvalue weighted by atomic mass is 10.1. The standard InChI is InChI=1S/C17H25N3O/c1-5-7-15-16(18)17(21)20(19(15)10-6-2)14-9-8-12(3)11-13(14)4/h8-9,11H,5-7,10,18H2,1-4H3. The largest absolute Gasteiger partial charge is 0.393 e. The van der Waals surface area contributed by atoms with E-state index in [0.29, 0.717) is 5.69 Å². The van der Waals surface area contributed by atoms with E-state index in [2.05, 4.69) is 31.5 Å². The van der Waals surface area contributed by atoms with Gasteiger partial charge < -0.3 is 5.73 Å². The molecule has 2 N–H and O–H groups in total. The Kier molecular flexibility index (Phi) is 4.56. The van der Waals surface area contributed by atoms with E-state index in [1.165, 1.54) is 5.56 Å². The fourth-order valence-corrected chi connectivity index (χ4v) is 2.84. The highest BCUT2D eigenvalue weighted by Gasteiger charge is 2.18. The molecule has 0 bridgehead atoms. The summed E-state index contributed by atoms with van der Waals surface area (Å²) in [6.07, 6.45) is 2.78. The van der Waals surface area contributed by atoms with Crippen LogP contribution in [0.1, 0.15) is 43.5 Å². The normalized spacial score (nSPS) is 11.0. The SMILES string of the molecule is CCCc1c(N)c(=O)n(-c2ccc(C)cc2C)n1CCC. The second kappa shape index (κ2) is 6.20. The number of aryl methyl sites for hydroxylation is 2. The fourth-order valence-electron chi connectivity index (χ4n) is 2.84. The van der Waals surface area contributed by atoms with Crippen molar-refractivity contribution in [3.05, 3.63) is 45.4 Å². The molecule has 1 aromatic heterocycles. The Bertz CT molecular complexity index is 695. The van der Waals surface area contributed by atoms with E-state index in [1.54, 1.807) is 4.68 Å². The zero-order valence-electron chi connectivity index (χ0n) is 13.4. The third-order valence-electron chi connectivity index (χ3n) is 3.79. The zero-order valence-corrected chi connectivity index (χ0v) is 13.4. The van der Waals surface area contributed by atoms with Crippen LogP contribution in [0.15, 0.2) is 23.0 Å². The average molecular weight is 287 g/mol. The van der Waals surface area contributed by atoms with Gasteiger partial charge in [-0.25, -0.2) is 4.68 Å². The Hall–Kier alpha value is -1.97. The van der Waals surface area contributed by atoms with Crippen LogP contribution < -0.4 is 11.3 Å². The van der Waals surface area contributed by atoms with Gasteiger partial charge >= 0.3 is 0 Å². The van der Waals surface area contributed by atoms with Crippen molar-refractivity contribution in [2.45, 2.75) is 53.5 Å². The quantitative estimate of drug-likeness (QED) is 0.918. The molecule has 0 saturated carbocycles. The van der Waals surface area contributed by atoms with Gasteiger partial charge in [0.1, 0.15) is 5.69 Å². The van der Waals surface area contributed by atoms with Gasteiger partial charge in [0.15, 0.2) is 0 Å². The third-order valence-corrected chi connectivity index (χ3v) is 3.79. The van der Waals surface area contributed by atoms with E-state index in [0.717, 1.165) is 42.8 Å². The number of hydrogen-bond donors (Lipinski definition) is 1. The van der Waals surface area contributed by atoms with Crippen molar-refractivity contribution in [1.82, 2.24) is 9.36 Å². The Morgan fingerprint density at radius 3 is 2.43 bits per heavy atom. The molecule has 2 aromatic rings. The van der Waals surface area contributed by atoms with Gasteiger partial charge in [-0.15, -0.1) is 0 Å². The molecule has 4 nitrogen and oxygen atoms in total. The van der Waals surface area contributed by atoms with Crippen LogP contribution in [-0.4, -0.2) is 9.36 Å². The van der Waals surface area contributed by atoms with Crippen molar-refractivity contribution in [1.29, 1.82) is 0 Å². The molecular formula is C17H25N3O. The van der Waals surface area contributed by atoms with Crippen molar-refractivity contribution in [2.24, 2.45) is 0 Å². The van der Waals surface area contributed by atoms with Gasteiger partial charge in [-0.1, -0.05) is 38.0 Å². The first-order valence-corrected chi connectivity index (χ1v) is 7.69. The van der Waals surface area contributed by atoms with Gasteiger partial charge in [-0.3, -0.25) is 9.48 Å². The second-order valence-corrected chi connectivity index (χ2v) is 5.64. The number of anilines is 1. The molecule has 0 atom stereocenters. The molecular weight excluding hydrogens is 262 g/mol. The summed E-state index contributed by atoms with van der Waals surface area (Å²) in [7, 11) is 0. The summed E-state index contributed by atoms with van der Waals surface area (Å²) < 4.78 is 3.80. The van der Waals surface area contributed by atoms with Crippen LogP contribution in [0, 0.1) is 13.8 Å². The summed E-state index contributed by atoms with van der Waals surface area (Å²) in [5.74, 6) is 0. The molecule has 0 unspecified atom stereocenters. The summed E-state index contributed by atoms with van der Waals surface area (Å²) in [6.45, 7) is 9.11. The molecule has 2 rings (SSSR count). The number of nitrogen functional groups attached to an aromatic ring is 1. The van der Waals surface area contributed by atoms with Crippen molar-refractivity contribution in [3.63, 3.8) is 0 Å². The molecule has 4 heteroatoms. The van der Waals surface area contributed by atoms with Crippen LogP contribution in [0.5, 0.6) is 0 Å². The maximum atomic E-state index is 12.6. The van der Waals surface area contributed by atoms with E-state index in [-0.39, 0.29) is 5.56 Å². The number of nitrogens with zero attached hydrogens (tertiary/aromatic N) is 2. The lowest BCUT2D eigenvalue weighted by molar-refractivity contribution is 0.511. The van der Waals surface area contributed by atoms with Gasteiger partial charge in [0.05, 0.1) is 11.4 Å². The fraction of sp³-hybridized carbons (Fsp3) is 0.471. The van der Waals surface area contributed by atoms with E-state index in [4.69, 9.17) is 5.73 Å². The van der Waals surface area contributed by atoms with Gasteiger partial charge in [0.2, 0.25) is 0 Å². The highest BCUT2D eigenvalue weighted by Crippen LogP contribution is 2.19. The minimum atomic E-state index is -0.0983. The predicted octanol–water partition coefficient (Wildman–Crippen LogP) is 3.20. The summed E-state index contributed by atoms with van der Waals surface area (Å²) in [4.78, 5) is 12.6. The molecule has 0 fully saturated rings. The first-order chi connectivity index (χ1) is 10.0. The van der Waals surface area contributed by atoms with Crippen LogP contribution in [0.2, 0.25) is 0 Å². The molecule has 0 aliphatic heterocycles. The molecule has 0 amide bonds. The lowest BCUT2D eigenvalue weighted by Crippen LogP contribution is -2.23. The topological polar surface area (TPSA) is 53.0 Å². The van der Waals surface area contributed by atoms with Crippen molar-refractivity contribution >= 4 is 5.69 Å². The third kappa shape index (κ3) is 2.75. The Morgan fingerprint density at radius 1 is 1.14 bits per heavy atom. The van der Waals surface area contributed by atoms with Gasteiger partial charge in [-0.05, 0) is 38.3 Å². The first-order valence-electron chi connectivity index (χ1n) is 7.69. The summed E-state index contributed by atoms with van der Waals surface area (Å²) in [6, 6.07) is 6.14. The Balaban J connectivity index is 2.72. The summed E-state index contributed by atoms with van der Waals surface area (Å²) in [5, 5.41) is 0. The summed E-state index contributed by atoms with van der Waals surface area (Å²) >= 11 is 0. The highest BCUT2D eigenvalue weighted by atomic mass is 16.1. The van der Waals surface area contributed by atoms with Crippen LogP contribution in [0.25, 0.3) is 5.69 Å². The molecule has 1 heterocycles. The van der Waals surface area contributed by atoms with E-state index < -0.39 is 0 Å². The molecule has 0 aliphatic rings. The number of rotatable bonds is 5. The molecule has 114 valence electrons. The van der Waals surface area contributed by atoms with E-state index in [9.17, 15) is 4.79 Å². The van der Waals surface area contributed by atoms with Gasteiger partial charge in [0, 0.05) is 6.54 Å². The predicted molar refractivity (Wildman–Crippen MR) is 88.2 cm³/mol. The van der Waals surface area contributed by atoms with Crippen molar-refractivity contribution in [3.8, 4) is 5.69 Å². The first kappa shape index (κ1) is 15.4. The minimum Gasteiger partial charge on any atom is -0.393 e. The monoisotopic (exact) mass is 287 g/mol. The summed E-state index contributed by atoms with van der Waals surface area (Å²) in [5.41, 5.74) is 10.6. The number of benzene rings is 1. The maximum Gasteiger partial charge on any atom is 0.294 e. The van der Waals surface area contributed by atoms with E-state index in [1.807, 2.05) is 19.1 Å². The molecule has 21 heavy (non-hydrogen) atoms. The molecule has 0 radical (unpaired) electrons. The van der Waals surface area contributed by atoms with Crippen LogP contribution in [0.3, 0.4) is 0 Å². The highest BCUT2D eigenvalue weighted by molar-refractivity contribution is 5.48. The zero-order chi connectivity index (χ0) is 15.6. The average Bonchev–Trinajstić information content (AvgIpc) is 2.66. The maximum absolute atomic E-state index is 12.6. The molecule has 1 aromatic carbocycles. The number of hydrogen-bond acceptors (Lipinski definition) is 2. The molecule has 0 saturated heterocycles. The van der Waals surface area contributed by atoms with Crippen LogP contribution >= 0.6 is 0 Å². The van der Waals surface area contributed by atoms with Crippen molar-refractivity contribution < 1.29 is 0 Å². The van der Waals surface area contributed by atoms with Crippen LogP contribution in [-0.2, 0) is 13.0 Å². The van der Waals surface area contributed by atoms with Crippen molar-refractivity contribution in [2.75, 3.05) is 5.73 Å². The number of aromatic nitrogens is 2. The number of nitrogens with two attached hydrogens (primary N) is 1. The smallest absolute Gasteiger partial charge is 0.294 e. The van der Waals surface area contributed by atoms with Crippen LogP contribution in [0.4, 0.5) is 5.69 Å². The van der Waals surface area contributed by atoms with Gasteiger partial charge in [-0.2, -0.15) is 0 Å². The molecule has 0 aliphatic carbocycles. The Labute approximate surface area is 126 Å². The van der Waals surface area contributed by atoms with Gasteiger partial charge in [0.25, 0.3) is 5.56 Å². The van der Waals surface area contributed by atoms with E-state index >= 15 is 0 Å². The minimum absolute atomic E-state index is 0.0983. The second-order valence-electron chi connectivity index (χ2n) is 5.64. The lowest BCUT2D eigenvalue weighted by Gasteiger charge is -2.16.